The zero-order chi connectivity index (χ0) is 30.1. The SMILES string of the molecule is O=c1c(=Nc2cc3c(cc(-c4cc5[nH]c6c7ccccc7sc6c5s4)c4nsnc43)c3nsnc23)c(=O)c2cc(F)c(F)cc12. The molecule has 0 aliphatic heterocycles. The Labute approximate surface area is 263 Å². The summed E-state index contributed by atoms with van der Waals surface area (Å²) in [4.78, 5) is 35.2. The summed E-state index contributed by atoms with van der Waals surface area (Å²) in [7, 11) is 0. The van der Waals surface area contributed by atoms with Crippen molar-refractivity contribution in [2.24, 2.45) is 4.99 Å². The van der Waals surface area contributed by atoms with E-state index in [1.54, 1.807) is 28.7 Å². The average molecular weight is 665 g/mol. The van der Waals surface area contributed by atoms with Crippen LogP contribution in [-0.2, 0) is 0 Å². The molecule has 0 saturated carbocycles. The first-order valence-electron chi connectivity index (χ1n) is 13.4. The highest BCUT2D eigenvalue weighted by Gasteiger charge is 2.22. The lowest BCUT2D eigenvalue weighted by atomic mass is 10.0. The van der Waals surface area contributed by atoms with Gasteiger partial charge in [-0.15, -0.1) is 22.7 Å². The Balaban J connectivity index is 1.22. The molecule has 0 bridgehead atoms. The smallest absolute Gasteiger partial charge is 0.216 e. The number of benzene rings is 4. The summed E-state index contributed by atoms with van der Waals surface area (Å²) in [6.07, 6.45) is 0. The predicted molar refractivity (Wildman–Crippen MR) is 178 cm³/mol. The quantitative estimate of drug-likeness (QED) is 0.203. The lowest BCUT2D eigenvalue weighted by molar-refractivity contribution is 0.511. The minimum absolute atomic E-state index is 0.220. The molecule has 0 aliphatic carbocycles. The minimum Gasteiger partial charge on any atom is -0.353 e. The average Bonchev–Trinajstić information content (AvgIpc) is 3.88. The molecule has 214 valence electrons. The summed E-state index contributed by atoms with van der Waals surface area (Å²) in [5, 5.41) is 1.79. The van der Waals surface area contributed by atoms with E-state index in [1.807, 2.05) is 18.2 Å². The molecule has 0 fully saturated rings. The number of H-pyrrole nitrogens is 1. The number of fused-ring (bicyclic) bond motifs is 11. The monoisotopic (exact) mass is 664 g/mol. The molecule has 0 saturated heterocycles. The number of halogens is 2. The van der Waals surface area contributed by atoms with Crippen molar-refractivity contribution >= 4 is 126 Å². The minimum atomic E-state index is -1.21. The molecular weight excluding hydrogens is 655 g/mol. The van der Waals surface area contributed by atoms with E-state index in [2.05, 4.69) is 45.7 Å². The number of hydrogen-bond acceptors (Lipinski definition) is 11. The molecule has 0 atom stereocenters. The van der Waals surface area contributed by atoms with E-state index in [1.165, 1.54) is 19.5 Å². The molecule has 0 amide bonds. The third-order valence-corrected chi connectivity index (χ3v) is 11.7. The Morgan fingerprint density at radius 2 is 1.33 bits per heavy atom. The summed E-state index contributed by atoms with van der Waals surface area (Å²) in [6.45, 7) is 0. The van der Waals surface area contributed by atoms with Crippen LogP contribution in [0.25, 0.3) is 84.6 Å². The molecule has 10 aromatic rings. The standard InChI is InChI=1S/C31H10F2N6O2S4/c32-16-6-13-14(7-17(16)33)29(41)27(28(13)40)34-18-8-12-11(23-26(18)39-45-37-23)5-15(24-22(12)36-44-38-24)21-9-19-30(43-21)31-25(35-19)10-3-1-2-4-20(10)42-31/h1-9,35H. The normalized spacial score (nSPS) is 12.4. The van der Waals surface area contributed by atoms with Crippen molar-refractivity contribution in [3.05, 3.63) is 92.0 Å². The van der Waals surface area contributed by atoms with Gasteiger partial charge in [-0.25, -0.2) is 13.8 Å². The van der Waals surface area contributed by atoms with Crippen LogP contribution in [-0.4, -0.2) is 22.5 Å². The maximum atomic E-state index is 13.9. The lowest BCUT2D eigenvalue weighted by Gasteiger charge is -2.06. The highest BCUT2D eigenvalue weighted by Crippen LogP contribution is 2.46. The van der Waals surface area contributed by atoms with Crippen LogP contribution in [0.15, 0.2) is 69.2 Å². The number of nitrogens with zero attached hydrogens (tertiary/aromatic N) is 5. The Bertz CT molecular complexity index is 3030. The molecule has 0 unspecified atom stereocenters. The van der Waals surface area contributed by atoms with Gasteiger partial charge in [0, 0.05) is 42.1 Å². The molecule has 0 spiro atoms. The fraction of sp³-hybridized carbons (Fsp3) is 0. The van der Waals surface area contributed by atoms with Gasteiger partial charge in [0.1, 0.15) is 22.1 Å². The van der Waals surface area contributed by atoms with Crippen molar-refractivity contribution in [2.75, 3.05) is 0 Å². The Morgan fingerprint density at radius 1 is 0.667 bits per heavy atom. The van der Waals surface area contributed by atoms with Gasteiger partial charge in [0.25, 0.3) is 0 Å². The van der Waals surface area contributed by atoms with Crippen molar-refractivity contribution in [2.45, 2.75) is 0 Å². The van der Waals surface area contributed by atoms with Gasteiger partial charge in [-0.05, 0) is 36.4 Å². The lowest BCUT2D eigenvalue weighted by Crippen LogP contribution is -2.31. The number of thiophene rings is 2. The third-order valence-electron chi connectivity index (χ3n) is 8.12. The second-order valence-electron chi connectivity index (χ2n) is 10.5. The van der Waals surface area contributed by atoms with Gasteiger partial charge in [0.15, 0.2) is 17.0 Å². The first-order chi connectivity index (χ1) is 21.9. The van der Waals surface area contributed by atoms with Crippen molar-refractivity contribution in [3.63, 3.8) is 0 Å². The van der Waals surface area contributed by atoms with E-state index in [0.717, 1.165) is 62.4 Å². The number of nitrogens with one attached hydrogen (secondary N) is 1. The second kappa shape index (κ2) is 8.85. The summed E-state index contributed by atoms with van der Waals surface area (Å²) in [5.41, 5.74) is 4.05. The Hall–Kier alpha value is -4.89. The number of aromatic amines is 1. The van der Waals surface area contributed by atoms with E-state index >= 15 is 0 Å². The van der Waals surface area contributed by atoms with Crippen molar-refractivity contribution in [3.8, 4) is 10.4 Å². The maximum absolute atomic E-state index is 13.9. The van der Waals surface area contributed by atoms with E-state index in [9.17, 15) is 18.4 Å². The van der Waals surface area contributed by atoms with Crippen LogP contribution in [0.2, 0.25) is 0 Å². The van der Waals surface area contributed by atoms with Crippen LogP contribution in [0.1, 0.15) is 0 Å². The van der Waals surface area contributed by atoms with Gasteiger partial charge >= 0.3 is 0 Å². The molecule has 8 nitrogen and oxygen atoms in total. The van der Waals surface area contributed by atoms with Gasteiger partial charge in [0.2, 0.25) is 10.9 Å². The first-order valence-corrected chi connectivity index (χ1v) is 16.5. The van der Waals surface area contributed by atoms with Crippen LogP contribution in [0.4, 0.5) is 14.5 Å². The second-order valence-corrected chi connectivity index (χ2v) is 13.7. The fourth-order valence-corrected chi connectivity index (χ4v) is 9.65. The van der Waals surface area contributed by atoms with Gasteiger partial charge in [-0.1, -0.05) is 18.2 Å². The molecule has 10 rings (SSSR count). The van der Waals surface area contributed by atoms with Crippen LogP contribution < -0.4 is 16.2 Å². The van der Waals surface area contributed by atoms with Crippen LogP contribution in [0.5, 0.6) is 0 Å². The zero-order valence-electron chi connectivity index (χ0n) is 22.1. The molecule has 14 heteroatoms. The number of hydrogen-bond donors (Lipinski definition) is 1. The maximum Gasteiger partial charge on any atom is 0.216 e. The highest BCUT2D eigenvalue weighted by atomic mass is 32.1. The summed E-state index contributed by atoms with van der Waals surface area (Å²) >= 11 is 5.52. The molecule has 0 aliphatic rings. The van der Waals surface area contributed by atoms with E-state index in [0.29, 0.717) is 27.5 Å². The molecule has 5 heterocycles. The Morgan fingerprint density at radius 3 is 2.11 bits per heavy atom. The summed E-state index contributed by atoms with van der Waals surface area (Å²) < 4.78 is 49.7. The molecule has 45 heavy (non-hydrogen) atoms. The molecule has 5 aromatic heterocycles. The van der Waals surface area contributed by atoms with Crippen LogP contribution in [0.3, 0.4) is 0 Å². The highest BCUT2D eigenvalue weighted by molar-refractivity contribution is 7.32. The van der Waals surface area contributed by atoms with E-state index in [4.69, 9.17) is 0 Å². The first kappa shape index (κ1) is 25.4. The molecule has 5 aromatic carbocycles. The number of rotatable bonds is 2. The van der Waals surface area contributed by atoms with Crippen molar-refractivity contribution in [1.29, 1.82) is 0 Å². The van der Waals surface area contributed by atoms with Gasteiger partial charge in [0.05, 0.1) is 49.6 Å². The number of aromatic nitrogens is 5. The van der Waals surface area contributed by atoms with E-state index < -0.39 is 27.8 Å². The van der Waals surface area contributed by atoms with Crippen molar-refractivity contribution < 1.29 is 8.78 Å². The summed E-state index contributed by atoms with van der Waals surface area (Å²) in [6, 6.07) is 15.7. The predicted octanol–water partition coefficient (Wildman–Crippen LogP) is 7.69. The Kier molecular flexibility index (Phi) is 5.00. The van der Waals surface area contributed by atoms with Crippen LogP contribution in [0, 0.1) is 11.6 Å². The molecule has 1 N–H and O–H groups in total. The molecule has 0 radical (unpaired) electrons. The van der Waals surface area contributed by atoms with Crippen molar-refractivity contribution in [1.82, 2.24) is 22.5 Å². The third kappa shape index (κ3) is 3.39. The largest absolute Gasteiger partial charge is 0.353 e. The van der Waals surface area contributed by atoms with E-state index in [-0.39, 0.29) is 16.5 Å². The molecular formula is C31H10F2N6O2S4. The van der Waals surface area contributed by atoms with Crippen LogP contribution >= 0.6 is 46.1 Å². The fourth-order valence-electron chi connectivity index (χ4n) is 6.07. The van der Waals surface area contributed by atoms with Gasteiger partial charge in [-0.2, -0.15) is 17.5 Å². The van der Waals surface area contributed by atoms with Gasteiger partial charge in [-0.3, -0.25) is 9.59 Å². The zero-order valence-corrected chi connectivity index (χ0v) is 25.4. The topological polar surface area (TPSA) is 114 Å². The van der Waals surface area contributed by atoms with Gasteiger partial charge < -0.3 is 4.98 Å². The summed E-state index contributed by atoms with van der Waals surface area (Å²) in [5.74, 6) is -2.42.